The fourth-order valence-corrected chi connectivity index (χ4v) is 2.51. The molecule has 3 rings (SSSR count). The van der Waals surface area contributed by atoms with E-state index >= 15 is 0 Å². The summed E-state index contributed by atoms with van der Waals surface area (Å²) in [5, 5.41) is 1.17. The van der Waals surface area contributed by atoms with Gasteiger partial charge in [-0.2, -0.15) is 0 Å². The van der Waals surface area contributed by atoms with Crippen molar-refractivity contribution in [1.29, 1.82) is 0 Å². The molecule has 0 fully saturated rings. The van der Waals surface area contributed by atoms with Crippen molar-refractivity contribution in [2.75, 3.05) is 12.8 Å². The molecular weight excluding hydrogens is 272 g/mol. The highest BCUT2D eigenvalue weighted by Crippen LogP contribution is 2.24. The molecule has 110 valence electrons. The Morgan fingerprint density at radius 1 is 1.05 bits per heavy atom. The lowest BCUT2D eigenvalue weighted by Gasteiger charge is -2.04. The second kappa shape index (κ2) is 5.87. The Morgan fingerprint density at radius 2 is 1.82 bits per heavy atom. The molecule has 2 aromatic carbocycles. The largest absolute Gasteiger partial charge is 0.497 e. The molecule has 0 aliphatic heterocycles. The molecule has 0 unspecified atom stereocenters. The van der Waals surface area contributed by atoms with Gasteiger partial charge >= 0.3 is 0 Å². The topological polar surface area (TPSA) is 40.2 Å². The molecule has 1 aromatic heterocycles. The van der Waals surface area contributed by atoms with Crippen LogP contribution in [0.4, 0.5) is 5.69 Å². The van der Waals surface area contributed by atoms with Crippen molar-refractivity contribution in [3.05, 3.63) is 59.8 Å². The molecule has 2 N–H and O–H groups in total. The Morgan fingerprint density at radius 3 is 2.50 bits per heavy atom. The smallest absolute Gasteiger partial charge is 0.120 e. The molecule has 0 aliphatic rings. The lowest BCUT2D eigenvalue weighted by atomic mass is 10.2. The quantitative estimate of drug-likeness (QED) is 0.578. The molecule has 3 nitrogen and oxygen atoms in total. The van der Waals surface area contributed by atoms with Gasteiger partial charge in [0.15, 0.2) is 0 Å². The Kier molecular flexibility index (Phi) is 3.76. The Labute approximate surface area is 130 Å². The van der Waals surface area contributed by atoms with E-state index in [-0.39, 0.29) is 0 Å². The summed E-state index contributed by atoms with van der Waals surface area (Å²) in [5.74, 6) is 7.31. The normalized spacial score (nSPS) is 10.3. The molecular formula is C19H18N2O. The van der Waals surface area contributed by atoms with Gasteiger partial charge in [-0.3, -0.25) is 0 Å². The van der Waals surface area contributed by atoms with Gasteiger partial charge in [0.1, 0.15) is 5.75 Å². The van der Waals surface area contributed by atoms with Gasteiger partial charge in [0.2, 0.25) is 0 Å². The maximum atomic E-state index is 5.69. The average Bonchev–Trinajstić information content (AvgIpc) is 2.90. The highest BCUT2D eigenvalue weighted by atomic mass is 16.5. The van der Waals surface area contributed by atoms with Crippen molar-refractivity contribution in [3.8, 4) is 17.6 Å². The van der Waals surface area contributed by atoms with E-state index in [1.807, 2.05) is 36.4 Å². The lowest BCUT2D eigenvalue weighted by Crippen LogP contribution is -1.97. The number of fused-ring (bicyclic) bond motifs is 1. The van der Waals surface area contributed by atoms with E-state index in [2.05, 4.69) is 35.5 Å². The first-order valence-electron chi connectivity index (χ1n) is 7.26. The molecule has 0 spiro atoms. The zero-order valence-corrected chi connectivity index (χ0v) is 12.8. The first-order valence-corrected chi connectivity index (χ1v) is 7.26. The number of rotatable bonds is 2. The van der Waals surface area contributed by atoms with Gasteiger partial charge in [-0.05, 0) is 55.3 Å². The van der Waals surface area contributed by atoms with Crippen LogP contribution in [0.25, 0.3) is 10.9 Å². The summed E-state index contributed by atoms with van der Waals surface area (Å²) in [6.07, 6.45) is 0. The fourth-order valence-electron chi connectivity index (χ4n) is 2.51. The van der Waals surface area contributed by atoms with Crippen molar-refractivity contribution in [3.63, 3.8) is 0 Å². The maximum Gasteiger partial charge on any atom is 0.120 e. The second-order valence-electron chi connectivity index (χ2n) is 5.07. The Balaban J connectivity index is 2.05. The van der Waals surface area contributed by atoms with E-state index in [1.54, 1.807) is 7.11 Å². The van der Waals surface area contributed by atoms with Crippen LogP contribution in [0.5, 0.6) is 5.75 Å². The van der Waals surface area contributed by atoms with Gasteiger partial charge in [0, 0.05) is 29.2 Å². The summed E-state index contributed by atoms with van der Waals surface area (Å²) >= 11 is 0. The molecule has 0 saturated carbocycles. The number of nitrogens with zero attached hydrogens (tertiary/aromatic N) is 1. The van der Waals surface area contributed by atoms with Crippen molar-refractivity contribution in [2.24, 2.45) is 0 Å². The standard InChI is InChI=1S/C19H18N2O/c1-3-21-17(10-6-14-4-8-16(20)9-5-14)12-15-7-11-18(22-2)13-19(15)21/h4-5,7-9,11-13H,3,20H2,1-2H3. The van der Waals surface area contributed by atoms with Gasteiger partial charge in [-0.25, -0.2) is 0 Å². The molecule has 1 heterocycles. The first kappa shape index (κ1) is 14.1. The number of ether oxygens (including phenoxy) is 1. The molecule has 22 heavy (non-hydrogen) atoms. The number of benzene rings is 2. The predicted molar refractivity (Wildman–Crippen MR) is 91.0 cm³/mol. The number of aryl methyl sites for hydroxylation is 1. The maximum absolute atomic E-state index is 5.69. The molecule has 0 radical (unpaired) electrons. The van der Waals surface area contributed by atoms with E-state index in [9.17, 15) is 0 Å². The van der Waals surface area contributed by atoms with E-state index < -0.39 is 0 Å². The van der Waals surface area contributed by atoms with Crippen LogP contribution >= 0.6 is 0 Å². The van der Waals surface area contributed by atoms with Crippen LogP contribution in [0.2, 0.25) is 0 Å². The predicted octanol–water partition coefficient (Wildman–Crippen LogP) is 3.65. The van der Waals surface area contributed by atoms with Gasteiger partial charge in [0.05, 0.1) is 18.3 Å². The summed E-state index contributed by atoms with van der Waals surface area (Å²) in [7, 11) is 1.68. The van der Waals surface area contributed by atoms with Crippen molar-refractivity contribution < 1.29 is 4.74 Å². The number of aromatic nitrogens is 1. The number of nitrogen functional groups attached to an aromatic ring is 1. The third kappa shape index (κ3) is 2.64. The third-order valence-electron chi connectivity index (χ3n) is 3.67. The number of methoxy groups -OCH3 is 1. The van der Waals surface area contributed by atoms with Gasteiger partial charge < -0.3 is 15.0 Å². The minimum Gasteiger partial charge on any atom is -0.497 e. The number of anilines is 1. The summed E-state index contributed by atoms with van der Waals surface area (Å²) in [6, 6.07) is 15.8. The SMILES string of the molecule is CCn1c(C#Cc2ccc(N)cc2)cc2ccc(OC)cc21. The average molecular weight is 290 g/mol. The number of nitrogens with two attached hydrogens (primary N) is 1. The van der Waals surface area contributed by atoms with Crippen LogP contribution in [0.15, 0.2) is 48.5 Å². The highest BCUT2D eigenvalue weighted by Gasteiger charge is 2.06. The summed E-state index contributed by atoms with van der Waals surface area (Å²) in [4.78, 5) is 0. The van der Waals surface area contributed by atoms with Crippen LogP contribution in [-0.2, 0) is 6.54 Å². The fraction of sp³-hybridized carbons (Fsp3) is 0.158. The van der Waals surface area contributed by atoms with Crippen molar-refractivity contribution in [2.45, 2.75) is 13.5 Å². The zero-order valence-electron chi connectivity index (χ0n) is 12.8. The molecule has 0 aliphatic carbocycles. The van der Waals surface area contributed by atoms with E-state index in [0.29, 0.717) is 0 Å². The Bertz CT molecular complexity index is 864. The third-order valence-corrected chi connectivity index (χ3v) is 3.67. The van der Waals surface area contributed by atoms with E-state index in [1.165, 1.54) is 5.39 Å². The van der Waals surface area contributed by atoms with Gasteiger partial charge in [-0.1, -0.05) is 5.92 Å². The van der Waals surface area contributed by atoms with Crippen molar-refractivity contribution in [1.82, 2.24) is 4.57 Å². The van der Waals surface area contributed by atoms with Crippen LogP contribution in [0, 0.1) is 11.8 Å². The lowest BCUT2D eigenvalue weighted by molar-refractivity contribution is 0.415. The van der Waals surface area contributed by atoms with Crippen molar-refractivity contribution >= 4 is 16.6 Å². The van der Waals surface area contributed by atoms with Gasteiger partial charge in [-0.15, -0.1) is 0 Å². The molecule has 0 saturated heterocycles. The first-order chi connectivity index (χ1) is 10.7. The summed E-state index contributed by atoms with van der Waals surface area (Å²) in [6.45, 7) is 2.98. The van der Waals surface area contributed by atoms with E-state index in [0.717, 1.165) is 34.8 Å². The minimum atomic E-state index is 0.750. The van der Waals surface area contributed by atoms with Crippen LogP contribution in [0.3, 0.4) is 0 Å². The number of hydrogen-bond donors (Lipinski definition) is 1. The second-order valence-corrected chi connectivity index (χ2v) is 5.07. The minimum absolute atomic E-state index is 0.750. The van der Waals surface area contributed by atoms with Crippen LogP contribution in [-0.4, -0.2) is 11.7 Å². The summed E-state index contributed by atoms with van der Waals surface area (Å²) < 4.78 is 7.51. The van der Waals surface area contributed by atoms with Crippen LogP contribution < -0.4 is 10.5 Å². The summed E-state index contributed by atoms with van der Waals surface area (Å²) in [5.41, 5.74) is 9.55. The molecule has 0 bridgehead atoms. The Hall–Kier alpha value is -2.86. The monoisotopic (exact) mass is 290 g/mol. The zero-order chi connectivity index (χ0) is 15.5. The molecule has 3 aromatic rings. The highest BCUT2D eigenvalue weighted by molar-refractivity contribution is 5.84. The van der Waals surface area contributed by atoms with Crippen LogP contribution in [0.1, 0.15) is 18.2 Å². The van der Waals surface area contributed by atoms with E-state index in [4.69, 9.17) is 10.5 Å². The molecule has 0 atom stereocenters. The van der Waals surface area contributed by atoms with Gasteiger partial charge in [0.25, 0.3) is 0 Å². The molecule has 3 heteroatoms. The number of hydrogen-bond acceptors (Lipinski definition) is 2. The molecule has 0 amide bonds.